The van der Waals surface area contributed by atoms with Crippen molar-refractivity contribution in [2.45, 2.75) is 20.3 Å². The average molecular weight is 454 g/mol. The Kier molecular flexibility index (Phi) is 6.92. The number of nitrogens with one attached hydrogen (secondary N) is 1. The first kappa shape index (κ1) is 21.8. The van der Waals surface area contributed by atoms with Gasteiger partial charge in [0.2, 0.25) is 11.8 Å². The maximum Gasteiger partial charge on any atom is 0.236 e. The van der Waals surface area contributed by atoms with Gasteiger partial charge in [-0.15, -0.1) is 23.1 Å². The van der Waals surface area contributed by atoms with Crippen molar-refractivity contribution in [3.63, 3.8) is 0 Å². The van der Waals surface area contributed by atoms with Crippen LogP contribution in [0.5, 0.6) is 0 Å². The number of thiazole rings is 1. The van der Waals surface area contributed by atoms with Crippen LogP contribution >= 0.6 is 23.1 Å². The van der Waals surface area contributed by atoms with E-state index in [2.05, 4.69) is 48.4 Å². The molecule has 0 bridgehead atoms. The summed E-state index contributed by atoms with van der Waals surface area (Å²) in [4.78, 5) is 31.3. The lowest BCUT2D eigenvalue weighted by Gasteiger charge is -2.35. The summed E-state index contributed by atoms with van der Waals surface area (Å²) >= 11 is 2.78. The van der Waals surface area contributed by atoms with Crippen LogP contribution in [0.25, 0.3) is 22.0 Å². The van der Waals surface area contributed by atoms with E-state index in [4.69, 9.17) is 0 Å². The van der Waals surface area contributed by atoms with Crippen molar-refractivity contribution in [3.8, 4) is 11.3 Å². The molecule has 2 heterocycles. The Bertz CT molecular complexity index is 1070. The lowest BCUT2D eigenvalue weighted by atomic mass is 9.92. The fourth-order valence-corrected chi connectivity index (χ4v) is 5.61. The molecule has 7 heteroatoms. The summed E-state index contributed by atoms with van der Waals surface area (Å²) in [5.74, 6) is 1.68. The van der Waals surface area contributed by atoms with E-state index in [9.17, 15) is 9.59 Å². The number of aromatic nitrogens is 1. The molecule has 4 rings (SSSR count). The van der Waals surface area contributed by atoms with Crippen LogP contribution in [-0.2, 0) is 9.59 Å². The van der Waals surface area contributed by atoms with Gasteiger partial charge in [-0.1, -0.05) is 50.2 Å². The third-order valence-corrected chi connectivity index (χ3v) is 7.15. The van der Waals surface area contributed by atoms with Crippen molar-refractivity contribution < 1.29 is 9.59 Å². The fraction of sp³-hybridized carbons (Fsp3) is 0.375. The van der Waals surface area contributed by atoms with Crippen LogP contribution in [0.15, 0.2) is 47.8 Å². The van der Waals surface area contributed by atoms with Crippen LogP contribution in [0.1, 0.15) is 20.3 Å². The molecule has 2 amide bonds. The molecular formula is C24H27N3O2S2. The van der Waals surface area contributed by atoms with Crippen molar-refractivity contribution in [1.82, 2.24) is 9.88 Å². The number of amides is 2. The summed E-state index contributed by atoms with van der Waals surface area (Å²) in [6, 6.07) is 14.5. The fourth-order valence-electron chi connectivity index (χ4n) is 4.16. The first-order chi connectivity index (χ1) is 15.0. The van der Waals surface area contributed by atoms with E-state index in [0.29, 0.717) is 22.7 Å². The highest BCUT2D eigenvalue weighted by atomic mass is 32.2. The summed E-state index contributed by atoms with van der Waals surface area (Å²) < 4.78 is 0. The SMILES string of the molecule is CC1CC(C)CN(C(=O)CSCC(=O)Nc2nc(-c3ccc4ccccc4c3)cs2)C1. The number of likely N-dealkylation sites (tertiary alicyclic amines) is 1. The van der Waals surface area contributed by atoms with Crippen LogP contribution in [0, 0.1) is 11.8 Å². The molecule has 1 aliphatic heterocycles. The Morgan fingerprint density at radius 3 is 2.61 bits per heavy atom. The highest BCUT2D eigenvalue weighted by Crippen LogP contribution is 2.28. The second kappa shape index (κ2) is 9.83. The third kappa shape index (κ3) is 5.66. The van der Waals surface area contributed by atoms with E-state index < -0.39 is 0 Å². The number of nitrogens with zero attached hydrogens (tertiary/aromatic N) is 2. The number of thioether (sulfide) groups is 1. The predicted molar refractivity (Wildman–Crippen MR) is 131 cm³/mol. The standard InChI is InChI=1S/C24H27N3O2S2/c1-16-9-17(2)12-27(11-16)23(29)15-30-14-22(28)26-24-25-21(13-31-24)20-8-7-18-5-3-4-6-19(18)10-20/h3-8,10,13,16-17H,9,11-12,14-15H2,1-2H3,(H,25,26,28). The number of piperidine rings is 1. The molecule has 1 saturated heterocycles. The van der Waals surface area contributed by atoms with Gasteiger partial charge < -0.3 is 10.2 Å². The minimum atomic E-state index is -0.127. The lowest BCUT2D eigenvalue weighted by Crippen LogP contribution is -2.43. The number of fused-ring (bicyclic) bond motifs is 1. The Morgan fingerprint density at radius 2 is 1.84 bits per heavy atom. The molecule has 0 aliphatic carbocycles. The Morgan fingerprint density at radius 1 is 1.10 bits per heavy atom. The van der Waals surface area contributed by atoms with Crippen LogP contribution in [0.3, 0.4) is 0 Å². The number of carbonyl (C=O) groups excluding carboxylic acids is 2. The first-order valence-corrected chi connectivity index (χ1v) is 12.6. The summed E-state index contributed by atoms with van der Waals surface area (Å²) in [6.07, 6.45) is 1.17. The summed E-state index contributed by atoms with van der Waals surface area (Å²) in [7, 11) is 0. The summed E-state index contributed by atoms with van der Waals surface area (Å²) in [5, 5.41) is 7.75. The second-order valence-electron chi connectivity index (χ2n) is 8.39. The molecule has 1 N–H and O–H groups in total. The lowest BCUT2D eigenvalue weighted by molar-refractivity contribution is -0.130. The summed E-state index contributed by atoms with van der Waals surface area (Å²) in [6.45, 7) is 6.03. The molecule has 31 heavy (non-hydrogen) atoms. The molecule has 0 radical (unpaired) electrons. The Balaban J connectivity index is 1.27. The zero-order valence-corrected chi connectivity index (χ0v) is 19.5. The van der Waals surface area contributed by atoms with Gasteiger partial charge in [0, 0.05) is 24.0 Å². The van der Waals surface area contributed by atoms with Gasteiger partial charge in [0.15, 0.2) is 5.13 Å². The highest BCUT2D eigenvalue weighted by molar-refractivity contribution is 8.00. The molecule has 2 aromatic carbocycles. The zero-order valence-electron chi connectivity index (χ0n) is 17.8. The normalized spacial score (nSPS) is 18.8. The molecule has 162 valence electrons. The number of benzene rings is 2. The Hall–Kier alpha value is -2.38. The highest BCUT2D eigenvalue weighted by Gasteiger charge is 2.25. The molecule has 2 atom stereocenters. The van der Waals surface area contributed by atoms with E-state index in [-0.39, 0.29) is 17.6 Å². The average Bonchev–Trinajstić information content (AvgIpc) is 3.21. The van der Waals surface area contributed by atoms with E-state index in [1.807, 2.05) is 28.5 Å². The molecule has 1 fully saturated rings. The Labute approximate surface area is 191 Å². The molecule has 0 spiro atoms. The van der Waals surface area contributed by atoms with Gasteiger partial charge in [0.05, 0.1) is 17.2 Å². The van der Waals surface area contributed by atoms with Gasteiger partial charge in [-0.3, -0.25) is 9.59 Å². The van der Waals surface area contributed by atoms with Crippen LogP contribution in [-0.4, -0.2) is 46.3 Å². The molecule has 1 aliphatic rings. The van der Waals surface area contributed by atoms with Crippen molar-refractivity contribution in [1.29, 1.82) is 0 Å². The van der Waals surface area contributed by atoms with E-state index >= 15 is 0 Å². The van der Waals surface area contributed by atoms with E-state index in [1.165, 1.54) is 34.9 Å². The van der Waals surface area contributed by atoms with Crippen LogP contribution in [0.4, 0.5) is 5.13 Å². The number of anilines is 1. The maximum atomic E-state index is 12.4. The molecule has 2 unspecified atom stereocenters. The smallest absolute Gasteiger partial charge is 0.236 e. The quantitative estimate of drug-likeness (QED) is 0.561. The van der Waals surface area contributed by atoms with Crippen molar-refractivity contribution >= 4 is 50.8 Å². The predicted octanol–water partition coefficient (Wildman–Crippen LogP) is 5.14. The summed E-state index contributed by atoms with van der Waals surface area (Å²) in [5.41, 5.74) is 1.88. The minimum absolute atomic E-state index is 0.127. The van der Waals surface area contributed by atoms with E-state index in [0.717, 1.165) is 29.7 Å². The molecule has 1 aromatic heterocycles. The minimum Gasteiger partial charge on any atom is -0.341 e. The number of carbonyl (C=O) groups is 2. The molecule has 5 nitrogen and oxygen atoms in total. The van der Waals surface area contributed by atoms with Crippen molar-refractivity contribution in [3.05, 3.63) is 47.8 Å². The van der Waals surface area contributed by atoms with Crippen LogP contribution in [0.2, 0.25) is 0 Å². The number of hydrogen-bond acceptors (Lipinski definition) is 5. The maximum absolute atomic E-state index is 12.4. The topological polar surface area (TPSA) is 62.3 Å². The third-order valence-electron chi connectivity index (χ3n) is 5.48. The largest absolute Gasteiger partial charge is 0.341 e. The number of hydrogen-bond donors (Lipinski definition) is 1. The van der Waals surface area contributed by atoms with Crippen LogP contribution < -0.4 is 5.32 Å². The van der Waals surface area contributed by atoms with E-state index in [1.54, 1.807) is 0 Å². The first-order valence-electron chi connectivity index (χ1n) is 10.6. The van der Waals surface area contributed by atoms with Gasteiger partial charge >= 0.3 is 0 Å². The number of rotatable bonds is 6. The second-order valence-corrected chi connectivity index (χ2v) is 10.2. The van der Waals surface area contributed by atoms with Gasteiger partial charge in [-0.05, 0) is 35.1 Å². The van der Waals surface area contributed by atoms with Gasteiger partial charge in [0.25, 0.3) is 0 Å². The molecule has 3 aromatic rings. The molecular weight excluding hydrogens is 426 g/mol. The van der Waals surface area contributed by atoms with Crippen molar-refractivity contribution in [2.75, 3.05) is 29.9 Å². The van der Waals surface area contributed by atoms with Crippen molar-refractivity contribution in [2.24, 2.45) is 11.8 Å². The molecule has 0 saturated carbocycles. The van der Waals surface area contributed by atoms with Gasteiger partial charge in [0.1, 0.15) is 0 Å². The van der Waals surface area contributed by atoms with Gasteiger partial charge in [-0.25, -0.2) is 4.98 Å². The monoisotopic (exact) mass is 453 g/mol. The van der Waals surface area contributed by atoms with Gasteiger partial charge in [-0.2, -0.15) is 0 Å². The zero-order chi connectivity index (χ0) is 21.8.